The smallest absolute Gasteiger partial charge is 0.245 e. The van der Waals surface area contributed by atoms with E-state index in [0.29, 0.717) is 5.92 Å². The van der Waals surface area contributed by atoms with Gasteiger partial charge in [-0.1, -0.05) is 11.7 Å². The lowest BCUT2D eigenvalue weighted by Crippen LogP contribution is -2.36. The minimum atomic E-state index is 0.00145. The molecule has 5 nitrogen and oxygen atoms in total. The number of amides is 1. The predicted octanol–water partition coefficient (Wildman–Crippen LogP) is 0.962. The van der Waals surface area contributed by atoms with Crippen LogP contribution in [0.4, 0.5) is 0 Å². The molecule has 0 aliphatic carbocycles. The van der Waals surface area contributed by atoms with Crippen molar-refractivity contribution in [3.05, 3.63) is 24.9 Å². The van der Waals surface area contributed by atoms with E-state index >= 15 is 0 Å². The Bertz CT molecular complexity index is 340. The third-order valence-corrected chi connectivity index (χ3v) is 2.72. The molecule has 0 spiro atoms. The molecule has 1 saturated heterocycles. The molecule has 1 aliphatic heterocycles. The van der Waals surface area contributed by atoms with Crippen LogP contribution in [0.3, 0.4) is 0 Å². The first kappa shape index (κ1) is 9.89. The van der Waals surface area contributed by atoms with Crippen LogP contribution in [0.25, 0.3) is 0 Å². The lowest BCUT2D eigenvalue weighted by atomic mass is 9.96. The zero-order valence-corrected chi connectivity index (χ0v) is 8.43. The Hall–Kier alpha value is -1.65. The summed E-state index contributed by atoms with van der Waals surface area (Å²) in [6.07, 6.45) is 4.48. The van der Waals surface area contributed by atoms with Crippen molar-refractivity contribution in [2.75, 3.05) is 13.1 Å². The summed E-state index contributed by atoms with van der Waals surface area (Å²) in [6, 6.07) is 0. The highest BCUT2D eigenvalue weighted by molar-refractivity contribution is 5.87. The van der Waals surface area contributed by atoms with Crippen molar-refractivity contribution in [3.8, 4) is 0 Å². The van der Waals surface area contributed by atoms with Gasteiger partial charge in [-0.3, -0.25) is 4.79 Å². The molecule has 15 heavy (non-hydrogen) atoms. The molecule has 0 N–H and O–H groups in total. The minimum absolute atomic E-state index is 0.00145. The molecule has 0 atom stereocenters. The number of hydrogen-bond acceptors (Lipinski definition) is 4. The zero-order valence-electron chi connectivity index (χ0n) is 8.43. The monoisotopic (exact) mass is 207 g/mol. The molecule has 1 aliphatic rings. The van der Waals surface area contributed by atoms with Gasteiger partial charge in [-0.15, -0.1) is 0 Å². The Labute approximate surface area is 87.8 Å². The summed E-state index contributed by atoms with van der Waals surface area (Å²) in [6.45, 7) is 4.95. The molecule has 0 bridgehead atoms. The highest BCUT2D eigenvalue weighted by Crippen LogP contribution is 2.25. The number of carbonyl (C=O) groups is 1. The maximum Gasteiger partial charge on any atom is 0.245 e. The average molecular weight is 207 g/mol. The number of nitrogens with zero attached hydrogens (tertiary/aromatic N) is 3. The Morgan fingerprint density at radius 3 is 2.87 bits per heavy atom. The van der Waals surface area contributed by atoms with E-state index in [1.165, 1.54) is 12.5 Å². The van der Waals surface area contributed by atoms with Crippen molar-refractivity contribution in [2.45, 2.75) is 18.8 Å². The van der Waals surface area contributed by atoms with E-state index in [9.17, 15) is 4.79 Å². The summed E-state index contributed by atoms with van der Waals surface area (Å²) in [7, 11) is 0. The number of piperidine rings is 1. The zero-order chi connectivity index (χ0) is 10.7. The predicted molar refractivity (Wildman–Crippen MR) is 53.1 cm³/mol. The minimum Gasteiger partial charge on any atom is -0.343 e. The van der Waals surface area contributed by atoms with Crippen LogP contribution < -0.4 is 0 Å². The molecular weight excluding hydrogens is 194 g/mol. The van der Waals surface area contributed by atoms with Crippen molar-refractivity contribution >= 4 is 5.91 Å². The van der Waals surface area contributed by atoms with Crippen molar-refractivity contribution < 1.29 is 9.32 Å². The van der Waals surface area contributed by atoms with Crippen molar-refractivity contribution in [3.63, 3.8) is 0 Å². The van der Waals surface area contributed by atoms with E-state index in [4.69, 9.17) is 4.52 Å². The van der Waals surface area contributed by atoms with Gasteiger partial charge in [0.1, 0.15) is 0 Å². The summed E-state index contributed by atoms with van der Waals surface area (Å²) in [5.74, 6) is 1.07. The van der Waals surface area contributed by atoms with Crippen LogP contribution in [-0.4, -0.2) is 34.0 Å². The fraction of sp³-hybridized carbons (Fsp3) is 0.500. The second-order valence-corrected chi connectivity index (χ2v) is 3.59. The normalized spacial score (nSPS) is 17.7. The summed E-state index contributed by atoms with van der Waals surface area (Å²) in [4.78, 5) is 17.1. The lowest BCUT2D eigenvalue weighted by Gasteiger charge is -2.29. The number of hydrogen-bond donors (Lipinski definition) is 0. The standard InChI is InChI=1S/C10H13N3O2/c1-2-9(14)13-5-3-8(4-6-13)10-11-7-15-12-10/h2,7-8H,1,3-6H2. The lowest BCUT2D eigenvalue weighted by molar-refractivity contribution is -0.127. The molecule has 1 aromatic rings. The average Bonchev–Trinajstić information content (AvgIpc) is 2.82. The van der Waals surface area contributed by atoms with E-state index in [0.717, 1.165) is 31.8 Å². The molecule has 0 radical (unpaired) electrons. The molecule has 1 aromatic heterocycles. The van der Waals surface area contributed by atoms with E-state index in [1.807, 2.05) is 0 Å². The molecule has 0 aromatic carbocycles. The summed E-state index contributed by atoms with van der Waals surface area (Å²) >= 11 is 0. The maximum atomic E-state index is 11.3. The van der Waals surface area contributed by atoms with Gasteiger partial charge in [0.05, 0.1) is 0 Å². The molecule has 0 unspecified atom stereocenters. The summed E-state index contributed by atoms with van der Waals surface area (Å²) < 4.78 is 4.71. The van der Waals surface area contributed by atoms with Gasteiger partial charge in [0.15, 0.2) is 5.82 Å². The van der Waals surface area contributed by atoms with Crippen LogP contribution >= 0.6 is 0 Å². The second-order valence-electron chi connectivity index (χ2n) is 3.59. The van der Waals surface area contributed by atoms with Gasteiger partial charge in [0.2, 0.25) is 12.3 Å². The van der Waals surface area contributed by atoms with Gasteiger partial charge >= 0.3 is 0 Å². The van der Waals surface area contributed by atoms with Gasteiger partial charge < -0.3 is 9.42 Å². The van der Waals surface area contributed by atoms with Gasteiger partial charge in [0, 0.05) is 19.0 Å². The van der Waals surface area contributed by atoms with E-state index < -0.39 is 0 Å². The Morgan fingerprint density at radius 1 is 1.60 bits per heavy atom. The molecule has 1 fully saturated rings. The fourth-order valence-corrected chi connectivity index (χ4v) is 1.85. The van der Waals surface area contributed by atoms with Gasteiger partial charge in [-0.2, -0.15) is 4.98 Å². The highest BCUT2D eigenvalue weighted by atomic mass is 16.5. The Kier molecular flexibility index (Phi) is 2.80. The first-order valence-corrected chi connectivity index (χ1v) is 4.99. The third kappa shape index (κ3) is 2.06. The van der Waals surface area contributed by atoms with Crippen LogP contribution in [-0.2, 0) is 4.79 Å². The fourth-order valence-electron chi connectivity index (χ4n) is 1.85. The molecule has 80 valence electrons. The van der Waals surface area contributed by atoms with Crippen LogP contribution in [0.1, 0.15) is 24.6 Å². The molecule has 2 rings (SSSR count). The molecule has 5 heteroatoms. The van der Waals surface area contributed by atoms with Crippen molar-refractivity contribution in [2.24, 2.45) is 0 Å². The van der Waals surface area contributed by atoms with Crippen LogP contribution in [0.5, 0.6) is 0 Å². The second kappa shape index (κ2) is 4.25. The van der Waals surface area contributed by atoms with Gasteiger partial charge in [0.25, 0.3) is 0 Å². The van der Waals surface area contributed by atoms with Crippen LogP contribution in [0.15, 0.2) is 23.6 Å². The van der Waals surface area contributed by atoms with Crippen molar-refractivity contribution in [1.82, 2.24) is 15.0 Å². The first-order chi connectivity index (χ1) is 7.31. The van der Waals surface area contributed by atoms with E-state index in [2.05, 4.69) is 16.7 Å². The van der Waals surface area contributed by atoms with Gasteiger partial charge in [-0.05, 0) is 18.9 Å². The number of rotatable bonds is 2. The Morgan fingerprint density at radius 2 is 2.33 bits per heavy atom. The number of carbonyl (C=O) groups excluding carboxylic acids is 1. The molecular formula is C10H13N3O2. The summed E-state index contributed by atoms with van der Waals surface area (Å²) in [5, 5.41) is 3.82. The van der Waals surface area contributed by atoms with Crippen LogP contribution in [0, 0.1) is 0 Å². The Balaban J connectivity index is 1.92. The quantitative estimate of drug-likeness (QED) is 0.678. The number of likely N-dealkylation sites (tertiary alicyclic amines) is 1. The van der Waals surface area contributed by atoms with E-state index in [-0.39, 0.29) is 5.91 Å². The topological polar surface area (TPSA) is 59.2 Å². The largest absolute Gasteiger partial charge is 0.343 e. The maximum absolute atomic E-state index is 11.3. The summed E-state index contributed by atoms with van der Waals surface area (Å²) in [5.41, 5.74) is 0. The number of aromatic nitrogens is 2. The van der Waals surface area contributed by atoms with Gasteiger partial charge in [-0.25, -0.2) is 0 Å². The molecule has 1 amide bonds. The van der Waals surface area contributed by atoms with E-state index in [1.54, 1.807) is 4.90 Å². The molecule has 2 heterocycles. The molecule has 0 saturated carbocycles. The van der Waals surface area contributed by atoms with Crippen molar-refractivity contribution in [1.29, 1.82) is 0 Å². The third-order valence-electron chi connectivity index (χ3n) is 2.72. The van der Waals surface area contributed by atoms with Crippen LogP contribution in [0.2, 0.25) is 0 Å². The SMILES string of the molecule is C=CC(=O)N1CCC(c2ncon2)CC1. The first-order valence-electron chi connectivity index (χ1n) is 4.99. The highest BCUT2D eigenvalue weighted by Gasteiger charge is 2.24.